The molecule has 0 spiro atoms. The van der Waals surface area contributed by atoms with E-state index in [-0.39, 0.29) is 0 Å². The summed E-state index contributed by atoms with van der Waals surface area (Å²) in [5.41, 5.74) is 6.89. The Hall–Kier alpha value is -1.91. The predicted octanol–water partition coefficient (Wildman–Crippen LogP) is 3.39. The number of pyridine rings is 1. The number of rotatable bonds is 4. The molecule has 0 amide bonds. The van der Waals surface area contributed by atoms with Crippen molar-refractivity contribution in [1.29, 1.82) is 0 Å². The van der Waals surface area contributed by atoms with Gasteiger partial charge in [0.15, 0.2) is 0 Å². The molecule has 0 unspecified atom stereocenters. The summed E-state index contributed by atoms with van der Waals surface area (Å²) in [5, 5.41) is 4.46. The highest BCUT2D eigenvalue weighted by molar-refractivity contribution is 7.09. The van der Waals surface area contributed by atoms with Crippen molar-refractivity contribution in [2.75, 3.05) is 11.9 Å². The van der Waals surface area contributed by atoms with Gasteiger partial charge in [0, 0.05) is 30.1 Å². The van der Waals surface area contributed by atoms with E-state index < -0.39 is 0 Å². The summed E-state index contributed by atoms with van der Waals surface area (Å²) < 4.78 is 0. The van der Waals surface area contributed by atoms with Gasteiger partial charge in [-0.05, 0) is 22.4 Å². The number of hydrogen-bond donors (Lipinski definition) is 1. The number of benzene rings is 1. The standard InChI is InChI=1S/C16H17N3S/c1-19(11-13-5-4-8-20-13)16-15-7-3-2-6-14(15)12(9-17)10-18-16/h2-8,10H,9,11,17H2,1H3. The monoisotopic (exact) mass is 283 g/mol. The minimum Gasteiger partial charge on any atom is -0.354 e. The Bertz CT molecular complexity index is 707. The number of fused-ring (bicyclic) bond motifs is 1. The number of aromatic nitrogens is 1. The summed E-state index contributed by atoms with van der Waals surface area (Å²) in [5.74, 6) is 1.01. The summed E-state index contributed by atoms with van der Waals surface area (Å²) in [6.45, 7) is 1.39. The second-order valence-corrected chi connectivity index (χ2v) is 5.82. The van der Waals surface area contributed by atoms with Gasteiger partial charge in [-0.25, -0.2) is 4.98 Å². The van der Waals surface area contributed by atoms with E-state index in [9.17, 15) is 0 Å². The lowest BCUT2D eigenvalue weighted by Gasteiger charge is -2.20. The van der Waals surface area contributed by atoms with E-state index in [1.165, 1.54) is 10.3 Å². The van der Waals surface area contributed by atoms with Crippen LogP contribution in [-0.4, -0.2) is 12.0 Å². The van der Waals surface area contributed by atoms with Gasteiger partial charge >= 0.3 is 0 Å². The fourth-order valence-electron chi connectivity index (χ4n) is 2.41. The molecule has 3 rings (SSSR count). The van der Waals surface area contributed by atoms with Crippen molar-refractivity contribution < 1.29 is 0 Å². The first kappa shape index (κ1) is 13.1. The van der Waals surface area contributed by atoms with E-state index in [0.717, 1.165) is 23.3 Å². The lowest BCUT2D eigenvalue weighted by atomic mass is 10.1. The van der Waals surface area contributed by atoms with Crippen LogP contribution in [0.1, 0.15) is 10.4 Å². The quantitative estimate of drug-likeness (QED) is 0.798. The van der Waals surface area contributed by atoms with Crippen molar-refractivity contribution in [3.8, 4) is 0 Å². The summed E-state index contributed by atoms with van der Waals surface area (Å²) >= 11 is 1.77. The third-order valence-electron chi connectivity index (χ3n) is 3.41. The van der Waals surface area contributed by atoms with E-state index in [1.54, 1.807) is 11.3 Å². The Kier molecular flexibility index (Phi) is 3.67. The molecule has 0 aliphatic heterocycles. The van der Waals surface area contributed by atoms with Crippen LogP contribution in [0.15, 0.2) is 48.0 Å². The molecule has 0 bridgehead atoms. The van der Waals surface area contributed by atoms with Gasteiger partial charge in [-0.2, -0.15) is 0 Å². The second kappa shape index (κ2) is 5.61. The van der Waals surface area contributed by atoms with Gasteiger partial charge in [-0.15, -0.1) is 11.3 Å². The number of nitrogens with zero attached hydrogens (tertiary/aromatic N) is 2. The molecule has 2 N–H and O–H groups in total. The molecule has 0 aliphatic rings. The van der Waals surface area contributed by atoms with Crippen molar-refractivity contribution in [2.45, 2.75) is 13.1 Å². The zero-order valence-corrected chi connectivity index (χ0v) is 12.2. The molecule has 4 heteroatoms. The SMILES string of the molecule is CN(Cc1cccs1)c1ncc(CN)c2ccccc12. The Morgan fingerprint density at radius 3 is 2.65 bits per heavy atom. The Balaban J connectivity index is 2.03. The van der Waals surface area contributed by atoms with Gasteiger partial charge in [0.2, 0.25) is 0 Å². The van der Waals surface area contributed by atoms with Gasteiger partial charge in [0.25, 0.3) is 0 Å². The Labute approximate surface area is 122 Å². The number of anilines is 1. The minimum absolute atomic E-state index is 0.516. The average molecular weight is 283 g/mol. The van der Waals surface area contributed by atoms with Crippen LogP contribution in [-0.2, 0) is 13.1 Å². The van der Waals surface area contributed by atoms with Crippen LogP contribution in [0.4, 0.5) is 5.82 Å². The molecule has 0 atom stereocenters. The van der Waals surface area contributed by atoms with Crippen LogP contribution < -0.4 is 10.6 Å². The predicted molar refractivity (Wildman–Crippen MR) is 86.1 cm³/mol. The molecule has 3 nitrogen and oxygen atoms in total. The maximum Gasteiger partial charge on any atom is 0.136 e. The lowest BCUT2D eigenvalue weighted by molar-refractivity contribution is 0.916. The van der Waals surface area contributed by atoms with E-state index in [2.05, 4.69) is 46.6 Å². The van der Waals surface area contributed by atoms with Crippen LogP contribution in [0.25, 0.3) is 10.8 Å². The van der Waals surface area contributed by atoms with E-state index in [1.807, 2.05) is 18.3 Å². The molecule has 20 heavy (non-hydrogen) atoms. The molecule has 0 saturated heterocycles. The fraction of sp³-hybridized carbons (Fsp3) is 0.188. The number of hydrogen-bond acceptors (Lipinski definition) is 4. The van der Waals surface area contributed by atoms with Gasteiger partial charge in [0.05, 0.1) is 6.54 Å². The third-order valence-corrected chi connectivity index (χ3v) is 4.27. The first-order valence-corrected chi connectivity index (χ1v) is 7.48. The summed E-state index contributed by atoms with van der Waals surface area (Å²) in [7, 11) is 2.08. The molecular weight excluding hydrogens is 266 g/mol. The van der Waals surface area contributed by atoms with Crippen LogP contribution in [0, 0.1) is 0 Å². The topological polar surface area (TPSA) is 42.2 Å². The molecule has 3 aromatic rings. The Morgan fingerprint density at radius 2 is 1.95 bits per heavy atom. The summed E-state index contributed by atoms with van der Waals surface area (Å²) in [4.78, 5) is 8.13. The van der Waals surface area contributed by atoms with Crippen molar-refractivity contribution in [3.05, 3.63) is 58.4 Å². The zero-order chi connectivity index (χ0) is 13.9. The molecular formula is C16H17N3S. The van der Waals surface area contributed by atoms with Gasteiger partial charge in [0.1, 0.15) is 5.82 Å². The highest BCUT2D eigenvalue weighted by Crippen LogP contribution is 2.27. The lowest BCUT2D eigenvalue weighted by Crippen LogP contribution is -2.17. The second-order valence-electron chi connectivity index (χ2n) is 4.79. The molecule has 0 aliphatic carbocycles. The largest absolute Gasteiger partial charge is 0.354 e. The molecule has 0 radical (unpaired) electrons. The van der Waals surface area contributed by atoms with Gasteiger partial charge in [-0.1, -0.05) is 30.3 Å². The highest BCUT2D eigenvalue weighted by atomic mass is 32.1. The minimum atomic E-state index is 0.516. The van der Waals surface area contributed by atoms with E-state index in [0.29, 0.717) is 6.54 Å². The summed E-state index contributed by atoms with van der Waals surface area (Å²) in [6.07, 6.45) is 1.89. The van der Waals surface area contributed by atoms with E-state index in [4.69, 9.17) is 5.73 Å². The average Bonchev–Trinajstić information content (AvgIpc) is 2.99. The molecule has 0 saturated carbocycles. The third kappa shape index (κ3) is 2.40. The van der Waals surface area contributed by atoms with Crippen LogP contribution in [0.3, 0.4) is 0 Å². The highest BCUT2D eigenvalue weighted by Gasteiger charge is 2.10. The van der Waals surface area contributed by atoms with Crippen molar-refractivity contribution in [1.82, 2.24) is 4.98 Å². The Morgan fingerprint density at radius 1 is 1.15 bits per heavy atom. The van der Waals surface area contributed by atoms with Crippen molar-refractivity contribution >= 4 is 27.9 Å². The smallest absolute Gasteiger partial charge is 0.136 e. The summed E-state index contributed by atoms with van der Waals surface area (Å²) in [6, 6.07) is 12.6. The molecule has 2 heterocycles. The first-order chi connectivity index (χ1) is 9.79. The maximum absolute atomic E-state index is 5.80. The number of nitrogens with two attached hydrogens (primary N) is 1. The van der Waals surface area contributed by atoms with Crippen LogP contribution in [0.2, 0.25) is 0 Å². The number of thiophene rings is 1. The van der Waals surface area contributed by atoms with Crippen LogP contribution >= 0.6 is 11.3 Å². The first-order valence-electron chi connectivity index (χ1n) is 6.60. The molecule has 1 aromatic carbocycles. The normalized spacial score (nSPS) is 10.9. The van der Waals surface area contributed by atoms with Gasteiger partial charge < -0.3 is 10.6 Å². The maximum atomic E-state index is 5.80. The van der Waals surface area contributed by atoms with Gasteiger partial charge in [-0.3, -0.25) is 0 Å². The van der Waals surface area contributed by atoms with Crippen LogP contribution in [0.5, 0.6) is 0 Å². The molecule has 102 valence electrons. The fourth-order valence-corrected chi connectivity index (χ4v) is 3.17. The van der Waals surface area contributed by atoms with Crippen molar-refractivity contribution in [3.63, 3.8) is 0 Å². The molecule has 0 fully saturated rings. The van der Waals surface area contributed by atoms with E-state index >= 15 is 0 Å². The van der Waals surface area contributed by atoms with Crippen molar-refractivity contribution in [2.24, 2.45) is 5.73 Å². The molecule has 2 aromatic heterocycles. The zero-order valence-electron chi connectivity index (χ0n) is 11.4.